The van der Waals surface area contributed by atoms with Gasteiger partial charge in [0.1, 0.15) is 18.0 Å². The number of amides is 1. The molecule has 1 saturated carbocycles. The zero-order valence-corrected chi connectivity index (χ0v) is 18.8. The van der Waals surface area contributed by atoms with Gasteiger partial charge < -0.3 is 10.5 Å². The maximum Gasteiger partial charge on any atom is 0.404 e. The fourth-order valence-corrected chi connectivity index (χ4v) is 5.30. The van der Waals surface area contributed by atoms with Gasteiger partial charge in [0.05, 0.1) is 35.0 Å². The molecule has 2 atom stereocenters. The second kappa shape index (κ2) is 8.57. The number of amidine groups is 1. The number of hydrogen-bond acceptors (Lipinski definition) is 4. The lowest BCUT2D eigenvalue weighted by Gasteiger charge is -2.33. The second-order valence-electron chi connectivity index (χ2n) is 7.64. The van der Waals surface area contributed by atoms with E-state index in [4.69, 9.17) is 27.2 Å². The molecular formula is C21H23ClIN4O2+. The number of quaternary nitrogens is 1. The minimum absolute atomic E-state index is 0.0841. The SMILES string of the molecule is NC(=O)OC(Cc1ccccc1)C1CCC(C2=C3C=NC=C[N+]3(Cl)C(I)=N2)CC1. The summed E-state index contributed by atoms with van der Waals surface area (Å²) in [5.74, 6) is 0.609. The molecule has 0 bridgehead atoms. The number of benzene rings is 1. The summed E-state index contributed by atoms with van der Waals surface area (Å²) in [6.45, 7) is 0. The number of nitrogens with zero attached hydrogens (tertiary/aromatic N) is 3. The maximum atomic E-state index is 11.5. The van der Waals surface area contributed by atoms with Crippen LogP contribution >= 0.6 is 34.4 Å². The molecule has 152 valence electrons. The predicted octanol–water partition coefficient (Wildman–Crippen LogP) is 5.04. The zero-order valence-electron chi connectivity index (χ0n) is 15.9. The molecule has 1 aliphatic carbocycles. The lowest BCUT2D eigenvalue weighted by atomic mass is 9.76. The number of aliphatic imine (C=N–C) groups is 2. The summed E-state index contributed by atoms with van der Waals surface area (Å²) >= 11 is 8.95. The van der Waals surface area contributed by atoms with Gasteiger partial charge in [-0.25, -0.2) is 4.79 Å². The van der Waals surface area contributed by atoms with Crippen LogP contribution < -0.4 is 5.73 Å². The van der Waals surface area contributed by atoms with Crippen molar-refractivity contribution in [2.75, 3.05) is 0 Å². The van der Waals surface area contributed by atoms with Crippen molar-refractivity contribution < 1.29 is 13.5 Å². The molecule has 6 nitrogen and oxygen atoms in total. The molecule has 0 aromatic heterocycles. The van der Waals surface area contributed by atoms with Gasteiger partial charge in [-0.05, 0) is 37.2 Å². The summed E-state index contributed by atoms with van der Waals surface area (Å²) in [6.07, 6.45) is 8.99. The smallest absolute Gasteiger partial charge is 0.404 e. The molecule has 8 heteroatoms. The van der Waals surface area contributed by atoms with Crippen LogP contribution in [-0.2, 0) is 11.2 Å². The fraction of sp³-hybridized carbons (Fsp3) is 0.381. The topological polar surface area (TPSA) is 77.0 Å². The van der Waals surface area contributed by atoms with Gasteiger partial charge in [0.2, 0.25) is 5.70 Å². The number of primary amides is 1. The maximum absolute atomic E-state index is 11.5. The summed E-state index contributed by atoms with van der Waals surface area (Å²) in [4.78, 5) is 20.5. The molecular weight excluding hydrogens is 503 g/mol. The third kappa shape index (κ3) is 4.27. The highest BCUT2D eigenvalue weighted by Gasteiger charge is 2.46. The summed E-state index contributed by atoms with van der Waals surface area (Å²) in [6, 6.07) is 10.1. The number of allylic oxidation sites excluding steroid dienone is 2. The lowest BCUT2D eigenvalue weighted by molar-refractivity contribution is -0.594. The second-order valence-corrected chi connectivity index (χ2v) is 9.14. The van der Waals surface area contributed by atoms with Crippen molar-refractivity contribution in [3.63, 3.8) is 0 Å². The first kappa shape index (κ1) is 20.6. The summed E-state index contributed by atoms with van der Waals surface area (Å²) in [7, 11) is 0. The van der Waals surface area contributed by atoms with Crippen LogP contribution in [0.5, 0.6) is 0 Å². The Labute approximate surface area is 189 Å². The van der Waals surface area contributed by atoms with Gasteiger partial charge in [-0.3, -0.25) is 4.99 Å². The van der Waals surface area contributed by atoms with Crippen molar-refractivity contribution >= 4 is 50.5 Å². The van der Waals surface area contributed by atoms with Gasteiger partial charge in [-0.15, -0.1) is 4.00 Å². The van der Waals surface area contributed by atoms with Crippen molar-refractivity contribution in [1.82, 2.24) is 0 Å². The standard InChI is InChI=1S/C21H22ClIN4O2/c22-27-11-10-25-13-17(27)19(26-20(27)23)16-8-6-15(7-9-16)18(29-21(24)28)12-14-4-2-1-3-5-14/h1-5,10-11,13,15-16,18H,6-9,12H2,(H-,24,28)/p+1. The van der Waals surface area contributed by atoms with E-state index in [0.29, 0.717) is 12.3 Å². The third-order valence-corrected chi connectivity index (χ3v) is 7.62. The molecule has 2 unspecified atom stereocenters. The van der Waals surface area contributed by atoms with Crippen LogP contribution in [-0.4, -0.2) is 26.3 Å². The average molecular weight is 526 g/mol. The van der Waals surface area contributed by atoms with Gasteiger partial charge in [0, 0.05) is 12.3 Å². The molecule has 0 saturated heterocycles. The highest BCUT2D eigenvalue weighted by Crippen LogP contribution is 2.44. The first-order valence-corrected chi connectivity index (χ1v) is 11.2. The van der Waals surface area contributed by atoms with E-state index in [0.717, 1.165) is 46.5 Å². The fourth-order valence-electron chi connectivity index (χ4n) is 4.40. The average Bonchev–Trinajstić information content (AvgIpc) is 2.99. The van der Waals surface area contributed by atoms with Crippen molar-refractivity contribution in [2.24, 2.45) is 27.6 Å². The van der Waals surface area contributed by atoms with Crippen LogP contribution in [0.2, 0.25) is 0 Å². The number of fused-ring (bicyclic) bond motifs is 1. The molecule has 1 aromatic rings. The molecule has 2 aliphatic heterocycles. The first-order valence-electron chi connectivity index (χ1n) is 9.76. The Hall–Kier alpha value is -1.71. The van der Waals surface area contributed by atoms with Crippen LogP contribution in [0.25, 0.3) is 0 Å². The van der Waals surface area contributed by atoms with E-state index in [-0.39, 0.29) is 16.0 Å². The molecule has 1 aromatic carbocycles. The quantitative estimate of drug-likeness (QED) is 0.332. The summed E-state index contributed by atoms with van der Waals surface area (Å²) in [5.41, 5.74) is 8.48. The number of rotatable bonds is 5. The van der Waals surface area contributed by atoms with Crippen LogP contribution in [0.1, 0.15) is 31.2 Å². The Balaban J connectivity index is 1.46. The van der Waals surface area contributed by atoms with Crippen molar-refractivity contribution in [1.29, 1.82) is 0 Å². The minimum Gasteiger partial charge on any atom is -0.446 e. The van der Waals surface area contributed by atoms with E-state index >= 15 is 0 Å². The molecule has 2 heterocycles. The van der Waals surface area contributed by atoms with Gasteiger partial charge in [0.25, 0.3) is 3.84 Å². The van der Waals surface area contributed by atoms with Crippen molar-refractivity contribution in [2.45, 2.75) is 38.2 Å². The highest BCUT2D eigenvalue weighted by molar-refractivity contribution is 14.1. The monoisotopic (exact) mass is 525 g/mol. The Morgan fingerprint density at radius 3 is 2.69 bits per heavy atom. The van der Waals surface area contributed by atoms with E-state index in [2.05, 4.69) is 39.7 Å². The summed E-state index contributed by atoms with van der Waals surface area (Å²) < 4.78 is 6.42. The molecule has 3 aliphatic rings. The number of carbonyl (C=O) groups is 1. The Bertz CT molecular complexity index is 907. The summed E-state index contributed by atoms with van der Waals surface area (Å²) in [5, 5.41) is 0. The van der Waals surface area contributed by atoms with Crippen LogP contribution in [0, 0.1) is 11.8 Å². The van der Waals surface area contributed by atoms with Crippen LogP contribution in [0.3, 0.4) is 0 Å². The van der Waals surface area contributed by atoms with E-state index in [1.165, 1.54) is 0 Å². The van der Waals surface area contributed by atoms with E-state index < -0.39 is 6.09 Å². The molecule has 29 heavy (non-hydrogen) atoms. The highest BCUT2D eigenvalue weighted by atomic mass is 127. The Morgan fingerprint density at radius 1 is 1.28 bits per heavy atom. The predicted molar refractivity (Wildman–Crippen MR) is 122 cm³/mol. The van der Waals surface area contributed by atoms with Gasteiger partial charge >= 0.3 is 6.09 Å². The molecule has 4 rings (SSSR count). The van der Waals surface area contributed by atoms with Gasteiger partial charge in [0.15, 0.2) is 11.8 Å². The molecule has 1 amide bonds. The van der Waals surface area contributed by atoms with Gasteiger partial charge in [-0.1, -0.05) is 30.3 Å². The van der Waals surface area contributed by atoms with Crippen molar-refractivity contribution in [3.05, 3.63) is 59.7 Å². The van der Waals surface area contributed by atoms with E-state index in [1.807, 2.05) is 30.6 Å². The van der Waals surface area contributed by atoms with Crippen LogP contribution in [0.15, 0.2) is 64.1 Å². The first-order chi connectivity index (χ1) is 14.0. The largest absolute Gasteiger partial charge is 0.446 e. The lowest BCUT2D eigenvalue weighted by Crippen LogP contribution is -2.35. The number of carbonyl (C=O) groups excluding carboxylic acids is 1. The number of nitrogens with two attached hydrogens (primary N) is 1. The van der Waals surface area contributed by atoms with Crippen LogP contribution in [0.4, 0.5) is 4.79 Å². The molecule has 2 N–H and O–H groups in total. The molecule has 0 radical (unpaired) electrons. The number of hydrogen-bond donors (Lipinski definition) is 1. The van der Waals surface area contributed by atoms with E-state index in [9.17, 15) is 4.79 Å². The normalized spacial score (nSPS) is 29.4. The Morgan fingerprint density at radius 2 is 2.00 bits per heavy atom. The van der Waals surface area contributed by atoms with Crippen molar-refractivity contribution in [3.8, 4) is 0 Å². The van der Waals surface area contributed by atoms with E-state index in [1.54, 1.807) is 6.20 Å². The Kier molecular flexibility index (Phi) is 6.08. The number of halogens is 2. The molecule has 0 spiro atoms. The molecule has 1 fully saturated rings. The number of ether oxygens (including phenoxy) is 1. The zero-order chi connectivity index (χ0) is 20.4. The minimum atomic E-state index is -0.706. The van der Waals surface area contributed by atoms with Gasteiger partial charge in [-0.2, -0.15) is 4.99 Å². The third-order valence-electron chi connectivity index (χ3n) is 5.88.